The molecule has 1 aromatic heterocycles. The zero-order valence-corrected chi connectivity index (χ0v) is 12.2. The van der Waals surface area contributed by atoms with Crippen molar-refractivity contribution in [1.29, 1.82) is 0 Å². The first-order valence-electron chi connectivity index (χ1n) is 6.65. The molecule has 0 aliphatic rings. The van der Waals surface area contributed by atoms with Crippen molar-refractivity contribution in [2.45, 2.75) is 33.1 Å². The molecule has 19 heavy (non-hydrogen) atoms. The lowest BCUT2D eigenvalue weighted by Gasteiger charge is -2.06. The number of aryl methyl sites for hydroxylation is 2. The van der Waals surface area contributed by atoms with Crippen molar-refractivity contribution in [2.24, 2.45) is 0 Å². The second-order valence-electron chi connectivity index (χ2n) is 4.69. The Bertz CT molecular complexity index is 542. The second kappa shape index (κ2) is 6.53. The van der Waals surface area contributed by atoms with Crippen LogP contribution in [0.5, 0.6) is 0 Å². The van der Waals surface area contributed by atoms with E-state index in [4.69, 9.17) is 0 Å². The van der Waals surface area contributed by atoms with Gasteiger partial charge in [-0.3, -0.25) is 4.79 Å². The highest BCUT2D eigenvalue weighted by Gasteiger charge is 2.10. The highest BCUT2D eigenvalue weighted by molar-refractivity contribution is 7.12. The fraction of sp³-hybridized carbons (Fsp3) is 0.312. The number of unbranched alkanes of at least 4 members (excludes halogenated alkanes) is 1. The van der Waals surface area contributed by atoms with E-state index in [1.54, 1.807) is 0 Å². The summed E-state index contributed by atoms with van der Waals surface area (Å²) >= 11 is 1.48. The summed E-state index contributed by atoms with van der Waals surface area (Å²) in [7, 11) is 0. The van der Waals surface area contributed by atoms with Crippen molar-refractivity contribution >= 4 is 22.9 Å². The first kappa shape index (κ1) is 13.8. The standard InChI is InChI=1S/C16H19NOS/c1-3-4-5-13-6-8-14(9-7-13)17-16(18)15-12(2)10-11-19-15/h6-11H,3-5H2,1-2H3,(H,17,18). The van der Waals surface area contributed by atoms with Gasteiger partial charge < -0.3 is 5.32 Å². The molecular formula is C16H19NOS. The van der Waals surface area contributed by atoms with E-state index in [0.29, 0.717) is 0 Å². The van der Waals surface area contributed by atoms with Crippen molar-refractivity contribution < 1.29 is 4.79 Å². The third-order valence-corrected chi connectivity index (χ3v) is 4.11. The smallest absolute Gasteiger partial charge is 0.265 e. The molecule has 0 bridgehead atoms. The van der Waals surface area contributed by atoms with Gasteiger partial charge in [-0.25, -0.2) is 0 Å². The Kier molecular flexibility index (Phi) is 4.74. The number of hydrogen-bond donors (Lipinski definition) is 1. The molecule has 0 spiro atoms. The van der Waals surface area contributed by atoms with E-state index in [1.807, 2.05) is 30.5 Å². The van der Waals surface area contributed by atoms with Crippen LogP contribution in [0.4, 0.5) is 5.69 Å². The second-order valence-corrected chi connectivity index (χ2v) is 5.60. The number of benzene rings is 1. The summed E-state index contributed by atoms with van der Waals surface area (Å²) in [5.41, 5.74) is 3.22. The largest absolute Gasteiger partial charge is 0.321 e. The molecule has 0 unspecified atom stereocenters. The van der Waals surface area contributed by atoms with Gasteiger partial charge in [0.15, 0.2) is 0 Å². The Morgan fingerprint density at radius 3 is 2.53 bits per heavy atom. The van der Waals surface area contributed by atoms with Crippen LogP contribution >= 0.6 is 11.3 Å². The van der Waals surface area contributed by atoms with Crippen LogP contribution in [0, 0.1) is 6.92 Å². The zero-order valence-electron chi connectivity index (χ0n) is 11.4. The lowest BCUT2D eigenvalue weighted by atomic mass is 10.1. The number of carbonyl (C=O) groups excluding carboxylic acids is 1. The van der Waals surface area contributed by atoms with Crippen LogP contribution in [0.25, 0.3) is 0 Å². The van der Waals surface area contributed by atoms with Crippen molar-refractivity contribution in [1.82, 2.24) is 0 Å². The highest BCUT2D eigenvalue weighted by Crippen LogP contribution is 2.18. The molecular weight excluding hydrogens is 254 g/mol. The van der Waals surface area contributed by atoms with Crippen LogP contribution in [-0.2, 0) is 6.42 Å². The molecule has 0 atom stereocenters. The lowest BCUT2D eigenvalue weighted by molar-refractivity contribution is 0.103. The molecule has 2 rings (SSSR count). The quantitative estimate of drug-likeness (QED) is 0.844. The van der Waals surface area contributed by atoms with Crippen LogP contribution in [0.2, 0.25) is 0 Å². The van der Waals surface area contributed by atoms with Gasteiger partial charge in [0.25, 0.3) is 5.91 Å². The molecule has 2 aromatic rings. The number of hydrogen-bond acceptors (Lipinski definition) is 2. The summed E-state index contributed by atoms with van der Waals surface area (Å²) in [4.78, 5) is 12.8. The average Bonchev–Trinajstić information content (AvgIpc) is 2.84. The minimum absolute atomic E-state index is 0.0196. The molecule has 0 saturated heterocycles. The van der Waals surface area contributed by atoms with Crippen LogP contribution in [0.15, 0.2) is 35.7 Å². The van der Waals surface area contributed by atoms with Crippen molar-refractivity contribution in [3.05, 3.63) is 51.7 Å². The summed E-state index contributed by atoms with van der Waals surface area (Å²) in [6.07, 6.45) is 3.52. The Labute approximate surface area is 118 Å². The van der Waals surface area contributed by atoms with Gasteiger partial charge in [0.1, 0.15) is 0 Å². The number of thiophene rings is 1. The Hall–Kier alpha value is -1.61. The Morgan fingerprint density at radius 2 is 1.95 bits per heavy atom. The number of anilines is 1. The van der Waals surface area contributed by atoms with E-state index in [0.717, 1.165) is 22.5 Å². The summed E-state index contributed by atoms with van der Waals surface area (Å²) in [6, 6.07) is 10.1. The predicted octanol–water partition coefficient (Wildman–Crippen LogP) is 4.65. The highest BCUT2D eigenvalue weighted by atomic mass is 32.1. The molecule has 1 amide bonds. The molecule has 0 aliphatic carbocycles. The fourth-order valence-electron chi connectivity index (χ4n) is 1.93. The predicted molar refractivity (Wildman–Crippen MR) is 82.1 cm³/mol. The summed E-state index contributed by atoms with van der Waals surface area (Å²) in [6.45, 7) is 4.15. The van der Waals surface area contributed by atoms with Crippen molar-refractivity contribution in [3.63, 3.8) is 0 Å². The number of carbonyl (C=O) groups is 1. The minimum atomic E-state index is -0.0196. The molecule has 0 saturated carbocycles. The molecule has 0 radical (unpaired) electrons. The molecule has 0 aliphatic heterocycles. The van der Waals surface area contributed by atoms with Crippen LogP contribution in [0.3, 0.4) is 0 Å². The van der Waals surface area contributed by atoms with Gasteiger partial charge >= 0.3 is 0 Å². The summed E-state index contributed by atoms with van der Waals surface area (Å²) in [5, 5.41) is 4.88. The van der Waals surface area contributed by atoms with Crippen molar-refractivity contribution in [3.8, 4) is 0 Å². The van der Waals surface area contributed by atoms with Gasteiger partial charge in [0.2, 0.25) is 0 Å². The molecule has 100 valence electrons. The molecule has 1 heterocycles. The van der Waals surface area contributed by atoms with E-state index in [-0.39, 0.29) is 5.91 Å². The number of nitrogens with one attached hydrogen (secondary N) is 1. The maximum Gasteiger partial charge on any atom is 0.265 e. The SMILES string of the molecule is CCCCc1ccc(NC(=O)c2sccc2C)cc1. The minimum Gasteiger partial charge on any atom is -0.321 e. The van der Waals surface area contributed by atoms with E-state index in [2.05, 4.69) is 24.4 Å². The van der Waals surface area contributed by atoms with E-state index in [9.17, 15) is 4.79 Å². The molecule has 2 nitrogen and oxygen atoms in total. The normalized spacial score (nSPS) is 10.4. The fourth-order valence-corrected chi connectivity index (χ4v) is 2.75. The Morgan fingerprint density at radius 1 is 1.21 bits per heavy atom. The first-order chi connectivity index (χ1) is 9.20. The zero-order chi connectivity index (χ0) is 13.7. The Balaban J connectivity index is 2.00. The van der Waals surface area contributed by atoms with Gasteiger partial charge in [0.05, 0.1) is 4.88 Å². The monoisotopic (exact) mass is 273 g/mol. The molecule has 1 N–H and O–H groups in total. The summed E-state index contributed by atoms with van der Waals surface area (Å²) < 4.78 is 0. The summed E-state index contributed by atoms with van der Waals surface area (Å²) in [5.74, 6) is -0.0196. The van der Waals surface area contributed by atoms with E-state index >= 15 is 0 Å². The lowest BCUT2D eigenvalue weighted by Crippen LogP contribution is -2.11. The molecule has 3 heteroatoms. The maximum absolute atomic E-state index is 12.1. The topological polar surface area (TPSA) is 29.1 Å². The number of rotatable bonds is 5. The van der Waals surface area contributed by atoms with E-state index < -0.39 is 0 Å². The van der Waals surface area contributed by atoms with Crippen LogP contribution in [-0.4, -0.2) is 5.91 Å². The number of amides is 1. The van der Waals surface area contributed by atoms with Gasteiger partial charge in [-0.2, -0.15) is 0 Å². The van der Waals surface area contributed by atoms with Crippen LogP contribution < -0.4 is 5.32 Å². The van der Waals surface area contributed by atoms with Gasteiger partial charge in [-0.1, -0.05) is 25.5 Å². The first-order valence-corrected chi connectivity index (χ1v) is 7.53. The van der Waals surface area contributed by atoms with E-state index in [1.165, 1.54) is 29.7 Å². The third-order valence-electron chi connectivity index (χ3n) is 3.10. The third kappa shape index (κ3) is 3.67. The van der Waals surface area contributed by atoms with Gasteiger partial charge in [-0.15, -0.1) is 11.3 Å². The maximum atomic E-state index is 12.1. The molecule has 0 fully saturated rings. The van der Waals surface area contributed by atoms with Crippen LogP contribution in [0.1, 0.15) is 40.6 Å². The van der Waals surface area contributed by atoms with Gasteiger partial charge in [-0.05, 0) is 54.5 Å². The molecule has 1 aromatic carbocycles. The van der Waals surface area contributed by atoms with Gasteiger partial charge in [0, 0.05) is 5.69 Å². The van der Waals surface area contributed by atoms with Crippen molar-refractivity contribution in [2.75, 3.05) is 5.32 Å². The average molecular weight is 273 g/mol.